The fraction of sp³-hybridized carbons (Fsp3) is 0.321. The average Bonchev–Trinajstić information content (AvgIpc) is 2.74. The van der Waals surface area contributed by atoms with E-state index in [9.17, 15) is 4.79 Å². The maximum absolute atomic E-state index is 11.8. The van der Waals surface area contributed by atoms with Crippen molar-refractivity contribution >= 4 is 11.5 Å². The number of carbonyl (C=O) groups excluding carboxylic acids is 1. The van der Waals surface area contributed by atoms with Crippen molar-refractivity contribution in [3.63, 3.8) is 0 Å². The predicted octanol–water partition coefficient (Wildman–Crippen LogP) is 6.13. The summed E-state index contributed by atoms with van der Waals surface area (Å²) in [5, 5.41) is 0. The van der Waals surface area contributed by atoms with Crippen LogP contribution in [0.1, 0.15) is 79.6 Å². The third-order valence-electron chi connectivity index (χ3n) is 5.20. The Kier molecular flexibility index (Phi) is 6.81. The maximum Gasteiger partial charge on any atom is 0.338 e. The summed E-state index contributed by atoms with van der Waals surface area (Å²) >= 11 is 0. The van der Waals surface area contributed by atoms with Gasteiger partial charge in [-0.1, -0.05) is 56.6 Å². The van der Waals surface area contributed by atoms with E-state index in [-0.39, 0.29) is 11.4 Å². The second-order valence-electron chi connectivity index (χ2n) is 8.07. The summed E-state index contributed by atoms with van der Waals surface area (Å²) in [4.78, 5) is 11.8. The summed E-state index contributed by atoms with van der Waals surface area (Å²) in [6.07, 6.45) is 5.24. The van der Waals surface area contributed by atoms with Gasteiger partial charge in [0.1, 0.15) is 0 Å². The third-order valence-corrected chi connectivity index (χ3v) is 5.20. The zero-order chi connectivity index (χ0) is 21.6. The van der Waals surface area contributed by atoms with Crippen molar-refractivity contribution in [2.45, 2.75) is 52.4 Å². The molecule has 1 aliphatic carbocycles. The minimum atomic E-state index is -0.306. The van der Waals surface area contributed by atoms with Crippen LogP contribution in [0.15, 0.2) is 48.5 Å². The number of carbonyl (C=O) groups is 1. The Hall–Kier alpha value is -3.23. The van der Waals surface area contributed by atoms with E-state index in [0.29, 0.717) is 12.2 Å². The predicted molar refractivity (Wildman–Crippen MR) is 123 cm³/mol. The fourth-order valence-corrected chi connectivity index (χ4v) is 3.44. The highest BCUT2D eigenvalue weighted by Crippen LogP contribution is 2.39. The smallest absolute Gasteiger partial charge is 0.338 e. The first-order chi connectivity index (χ1) is 14.4. The van der Waals surface area contributed by atoms with Gasteiger partial charge in [-0.3, -0.25) is 0 Å². The Morgan fingerprint density at radius 2 is 1.70 bits per heavy atom. The van der Waals surface area contributed by atoms with Crippen molar-refractivity contribution in [1.82, 2.24) is 0 Å². The van der Waals surface area contributed by atoms with Crippen LogP contribution in [0.3, 0.4) is 0 Å². The first-order valence-corrected chi connectivity index (χ1v) is 10.6. The Morgan fingerprint density at radius 3 is 2.40 bits per heavy atom. The largest absolute Gasteiger partial charge is 0.462 e. The molecule has 1 aliphatic rings. The minimum absolute atomic E-state index is 0.0598. The van der Waals surface area contributed by atoms with Crippen LogP contribution >= 0.6 is 0 Å². The molecule has 0 aromatic heterocycles. The number of hydrogen-bond donors (Lipinski definition) is 0. The van der Waals surface area contributed by atoms with Gasteiger partial charge in [-0.25, -0.2) is 4.79 Å². The number of benzene rings is 2. The lowest BCUT2D eigenvalue weighted by Gasteiger charge is -2.31. The van der Waals surface area contributed by atoms with Gasteiger partial charge in [-0.05, 0) is 72.7 Å². The van der Waals surface area contributed by atoms with Gasteiger partial charge in [0.05, 0.1) is 12.2 Å². The fourth-order valence-electron chi connectivity index (χ4n) is 3.44. The molecule has 0 N–H and O–H groups in total. The van der Waals surface area contributed by atoms with E-state index in [1.807, 2.05) is 12.1 Å². The molecule has 2 aromatic rings. The lowest BCUT2D eigenvalue weighted by molar-refractivity contribution is 0.0526. The first-order valence-electron chi connectivity index (χ1n) is 10.6. The first kappa shape index (κ1) is 21.5. The molecule has 0 unspecified atom stereocenters. The van der Waals surface area contributed by atoms with Crippen LogP contribution in [-0.2, 0) is 10.2 Å². The maximum atomic E-state index is 11.8. The van der Waals surface area contributed by atoms with Crippen LogP contribution in [0.5, 0.6) is 0 Å². The number of allylic oxidation sites excluding steroid dienone is 2. The Bertz CT molecular complexity index is 1080. The molecule has 2 nitrogen and oxygen atoms in total. The van der Waals surface area contributed by atoms with Crippen molar-refractivity contribution in [2.75, 3.05) is 6.61 Å². The van der Waals surface area contributed by atoms with Crippen molar-refractivity contribution in [2.24, 2.45) is 0 Å². The monoisotopic (exact) mass is 396 g/mol. The zero-order valence-corrected chi connectivity index (χ0v) is 18.3. The Labute approximate surface area is 180 Å². The quantitative estimate of drug-likeness (QED) is 0.461. The highest BCUT2D eigenvalue weighted by Gasteiger charge is 2.27. The van der Waals surface area contributed by atoms with Crippen LogP contribution in [0.25, 0.3) is 5.57 Å². The molecule has 0 saturated heterocycles. The zero-order valence-electron chi connectivity index (χ0n) is 18.3. The van der Waals surface area contributed by atoms with Crippen LogP contribution in [-0.4, -0.2) is 12.6 Å². The second-order valence-corrected chi connectivity index (χ2v) is 8.07. The molecule has 152 valence electrons. The Balaban J connectivity index is 1.86. The van der Waals surface area contributed by atoms with E-state index in [4.69, 9.17) is 4.74 Å². The van der Waals surface area contributed by atoms with Gasteiger partial charge in [0, 0.05) is 23.1 Å². The van der Waals surface area contributed by atoms with Crippen molar-refractivity contribution in [3.05, 3.63) is 76.4 Å². The average molecular weight is 397 g/mol. The molecule has 2 aromatic carbocycles. The lowest BCUT2D eigenvalue weighted by atomic mass is 9.73. The normalized spacial score (nSPS) is 13.7. The van der Waals surface area contributed by atoms with E-state index < -0.39 is 0 Å². The Morgan fingerprint density at radius 1 is 1.00 bits per heavy atom. The number of fused-ring (bicyclic) bond motifs is 1. The van der Waals surface area contributed by atoms with E-state index in [1.165, 1.54) is 11.1 Å². The molecule has 0 saturated carbocycles. The van der Waals surface area contributed by atoms with Gasteiger partial charge in [0.25, 0.3) is 0 Å². The van der Waals surface area contributed by atoms with Crippen LogP contribution in [0, 0.1) is 23.7 Å². The number of unbranched alkanes of at least 4 members (excludes halogenated alkanes) is 1. The van der Waals surface area contributed by atoms with Gasteiger partial charge in [-0.15, -0.1) is 0 Å². The summed E-state index contributed by atoms with van der Waals surface area (Å²) in [5.41, 5.74) is 6.11. The molecule has 0 atom stereocenters. The molecule has 30 heavy (non-hydrogen) atoms. The van der Waals surface area contributed by atoms with E-state index in [2.05, 4.69) is 68.7 Å². The molecule has 3 rings (SSSR count). The van der Waals surface area contributed by atoms with Crippen molar-refractivity contribution in [1.29, 1.82) is 0 Å². The molecule has 0 radical (unpaired) electrons. The van der Waals surface area contributed by atoms with Crippen LogP contribution in [0.2, 0.25) is 0 Å². The summed E-state index contributed by atoms with van der Waals surface area (Å²) in [7, 11) is 0. The minimum Gasteiger partial charge on any atom is -0.462 e. The highest BCUT2D eigenvalue weighted by molar-refractivity contribution is 5.89. The van der Waals surface area contributed by atoms with E-state index in [1.54, 1.807) is 19.1 Å². The van der Waals surface area contributed by atoms with Crippen LogP contribution in [0.4, 0.5) is 0 Å². The number of ether oxygens (including phenoxy) is 1. The van der Waals surface area contributed by atoms with Gasteiger partial charge < -0.3 is 4.74 Å². The lowest BCUT2D eigenvalue weighted by Crippen LogP contribution is -2.21. The summed E-state index contributed by atoms with van der Waals surface area (Å²) in [5.74, 6) is 12.8. The number of hydrogen-bond acceptors (Lipinski definition) is 2. The topological polar surface area (TPSA) is 26.3 Å². The molecule has 0 aliphatic heterocycles. The molecule has 0 spiro atoms. The molecule has 0 fully saturated rings. The second kappa shape index (κ2) is 9.51. The molecular weight excluding hydrogens is 368 g/mol. The summed E-state index contributed by atoms with van der Waals surface area (Å²) < 4.78 is 5.02. The summed E-state index contributed by atoms with van der Waals surface area (Å²) in [6.45, 7) is 8.86. The van der Waals surface area contributed by atoms with Gasteiger partial charge in [0.15, 0.2) is 0 Å². The van der Waals surface area contributed by atoms with Crippen molar-refractivity contribution < 1.29 is 9.53 Å². The highest BCUT2D eigenvalue weighted by atomic mass is 16.5. The molecule has 0 heterocycles. The van der Waals surface area contributed by atoms with E-state index in [0.717, 1.165) is 36.0 Å². The standard InChI is InChI=1S/C28H28O2/c1-5-7-8-9-23-18-19-28(3,4)26-20-22(14-17-25(23)26)11-10-21-12-15-24(16-13-21)27(29)30-6-2/h12-18,20H,5-7,19H2,1-4H3. The number of rotatable bonds is 3. The van der Waals surface area contributed by atoms with Gasteiger partial charge in [-0.2, -0.15) is 0 Å². The molecular formula is C28H28O2. The molecule has 2 heteroatoms. The third kappa shape index (κ3) is 5.03. The van der Waals surface area contributed by atoms with E-state index >= 15 is 0 Å². The summed E-state index contributed by atoms with van der Waals surface area (Å²) in [6, 6.07) is 13.6. The van der Waals surface area contributed by atoms with Crippen molar-refractivity contribution in [3.8, 4) is 23.7 Å². The molecule has 0 bridgehead atoms. The van der Waals surface area contributed by atoms with Crippen LogP contribution < -0.4 is 0 Å². The number of esters is 1. The molecule has 0 amide bonds. The van der Waals surface area contributed by atoms with Gasteiger partial charge in [0.2, 0.25) is 0 Å². The SMILES string of the molecule is CCCC#CC1=CCC(C)(C)c2cc(C#Cc3ccc(C(=O)OCC)cc3)ccc21. The van der Waals surface area contributed by atoms with Gasteiger partial charge >= 0.3 is 5.97 Å².